The van der Waals surface area contributed by atoms with Crippen LogP contribution in [0.2, 0.25) is 0 Å². The van der Waals surface area contributed by atoms with Crippen LogP contribution in [0.3, 0.4) is 0 Å². The third kappa shape index (κ3) is 2.96. The van der Waals surface area contributed by atoms with Gasteiger partial charge in [0.2, 0.25) is 0 Å². The Labute approximate surface area is 82.0 Å². The van der Waals surface area contributed by atoms with E-state index >= 15 is 0 Å². The highest BCUT2D eigenvalue weighted by Gasteiger charge is 2.31. The average Bonchev–Trinajstić information content (AvgIpc) is 2.61. The lowest BCUT2D eigenvalue weighted by molar-refractivity contribution is 0.0465. The molecule has 0 saturated carbocycles. The maximum Gasteiger partial charge on any atom is 0.0641 e. The van der Waals surface area contributed by atoms with Crippen molar-refractivity contribution in [3.8, 4) is 0 Å². The number of rotatable bonds is 5. The highest BCUT2D eigenvalue weighted by Crippen LogP contribution is 2.27. The van der Waals surface area contributed by atoms with E-state index < -0.39 is 0 Å². The molecule has 0 aliphatic carbocycles. The summed E-state index contributed by atoms with van der Waals surface area (Å²) in [6, 6.07) is 0. The van der Waals surface area contributed by atoms with Crippen molar-refractivity contribution in [2.24, 2.45) is 11.8 Å². The zero-order valence-electron chi connectivity index (χ0n) is 9.18. The molecule has 78 valence electrons. The quantitative estimate of drug-likeness (QED) is 0.708. The summed E-state index contributed by atoms with van der Waals surface area (Å²) in [5.74, 6) is 1.46. The summed E-state index contributed by atoms with van der Waals surface area (Å²) in [5, 5.41) is 3.42. The van der Waals surface area contributed by atoms with E-state index in [1.54, 1.807) is 0 Å². The number of nitrogens with one attached hydrogen (secondary N) is 1. The second kappa shape index (κ2) is 5.61. The van der Waals surface area contributed by atoms with Crippen molar-refractivity contribution in [1.82, 2.24) is 5.32 Å². The van der Waals surface area contributed by atoms with Crippen LogP contribution in [0.5, 0.6) is 0 Å². The Morgan fingerprint density at radius 1 is 1.46 bits per heavy atom. The molecule has 1 fully saturated rings. The van der Waals surface area contributed by atoms with E-state index in [4.69, 9.17) is 4.74 Å². The van der Waals surface area contributed by atoms with Crippen LogP contribution in [0.25, 0.3) is 0 Å². The molecule has 1 rings (SSSR count). The fourth-order valence-corrected chi connectivity index (χ4v) is 2.06. The highest BCUT2D eigenvalue weighted by molar-refractivity contribution is 4.81. The summed E-state index contributed by atoms with van der Waals surface area (Å²) < 4.78 is 5.78. The molecular formula is C11H23NO. The molecule has 0 radical (unpaired) electrons. The van der Waals surface area contributed by atoms with Gasteiger partial charge in [0.1, 0.15) is 0 Å². The smallest absolute Gasteiger partial charge is 0.0641 e. The van der Waals surface area contributed by atoms with Crippen molar-refractivity contribution < 1.29 is 4.74 Å². The first kappa shape index (κ1) is 11.0. The molecule has 0 spiro atoms. The predicted octanol–water partition coefficient (Wildman–Crippen LogP) is 2.05. The van der Waals surface area contributed by atoms with Crippen molar-refractivity contribution in [1.29, 1.82) is 0 Å². The van der Waals surface area contributed by atoms with Crippen LogP contribution in [-0.2, 0) is 4.74 Å². The van der Waals surface area contributed by atoms with E-state index in [1.807, 2.05) is 0 Å². The molecule has 3 atom stereocenters. The predicted molar refractivity (Wildman–Crippen MR) is 55.8 cm³/mol. The molecule has 0 aromatic carbocycles. The van der Waals surface area contributed by atoms with Crippen LogP contribution in [0.4, 0.5) is 0 Å². The van der Waals surface area contributed by atoms with E-state index in [9.17, 15) is 0 Å². The normalized spacial score (nSPS) is 30.7. The Morgan fingerprint density at radius 3 is 2.85 bits per heavy atom. The molecular weight excluding hydrogens is 162 g/mol. The maximum absolute atomic E-state index is 5.78. The Bertz CT molecular complexity index is 138. The first-order valence-corrected chi connectivity index (χ1v) is 5.61. The second-order valence-electron chi connectivity index (χ2n) is 4.08. The lowest BCUT2D eigenvalue weighted by Crippen LogP contribution is -2.32. The van der Waals surface area contributed by atoms with Gasteiger partial charge in [-0.25, -0.2) is 0 Å². The van der Waals surface area contributed by atoms with Crippen LogP contribution in [0.15, 0.2) is 0 Å². The third-order valence-corrected chi connectivity index (χ3v) is 3.12. The van der Waals surface area contributed by atoms with E-state index in [1.165, 1.54) is 12.8 Å². The van der Waals surface area contributed by atoms with E-state index in [0.717, 1.165) is 25.6 Å². The minimum Gasteiger partial charge on any atom is -0.378 e. The second-order valence-corrected chi connectivity index (χ2v) is 4.08. The molecule has 13 heavy (non-hydrogen) atoms. The fraction of sp³-hybridized carbons (Fsp3) is 1.00. The Hall–Kier alpha value is -0.0800. The standard InChI is InChI=1S/C11H23NO/c1-4-9(3)11-10(6-7-13-11)8-12-5-2/h9-12H,4-8H2,1-3H3. The lowest BCUT2D eigenvalue weighted by Gasteiger charge is -2.23. The van der Waals surface area contributed by atoms with Crippen molar-refractivity contribution >= 4 is 0 Å². The van der Waals surface area contributed by atoms with Gasteiger partial charge in [0.05, 0.1) is 6.10 Å². The zero-order valence-corrected chi connectivity index (χ0v) is 9.18. The number of hydrogen-bond donors (Lipinski definition) is 1. The molecule has 3 unspecified atom stereocenters. The minimum absolute atomic E-state index is 0.504. The van der Waals surface area contributed by atoms with Crippen molar-refractivity contribution in [2.75, 3.05) is 19.7 Å². The topological polar surface area (TPSA) is 21.3 Å². The Kier molecular flexibility index (Phi) is 4.74. The molecule has 2 nitrogen and oxygen atoms in total. The Morgan fingerprint density at radius 2 is 2.23 bits per heavy atom. The molecule has 1 aliphatic heterocycles. The number of ether oxygens (including phenoxy) is 1. The van der Waals surface area contributed by atoms with Crippen molar-refractivity contribution in [3.05, 3.63) is 0 Å². The molecule has 1 saturated heterocycles. The summed E-state index contributed by atoms with van der Waals surface area (Å²) in [6.45, 7) is 9.87. The van der Waals surface area contributed by atoms with Gasteiger partial charge < -0.3 is 10.1 Å². The van der Waals surface area contributed by atoms with Crippen molar-refractivity contribution in [3.63, 3.8) is 0 Å². The zero-order chi connectivity index (χ0) is 9.68. The van der Waals surface area contributed by atoms with Crippen LogP contribution in [0, 0.1) is 11.8 Å². The van der Waals surface area contributed by atoms with Gasteiger partial charge in [-0.1, -0.05) is 27.2 Å². The minimum atomic E-state index is 0.504. The summed E-state index contributed by atoms with van der Waals surface area (Å²) in [6.07, 6.45) is 2.97. The first-order valence-electron chi connectivity index (χ1n) is 5.61. The molecule has 2 heteroatoms. The lowest BCUT2D eigenvalue weighted by atomic mass is 9.90. The fourth-order valence-electron chi connectivity index (χ4n) is 2.06. The van der Waals surface area contributed by atoms with Crippen LogP contribution >= 0.6 is 0 Å². The maximum atomic E-state index is 5.78. The summed E-state index contributed by atoms with van der Waals surface area (Å²) in [7, 11) is 0. The first-order chi connectivity index (χ1) is 6.29. The van der Waals surface area contributed by atoms with Gasteiger partial charge in [-0.15, -0.1) is 0 Å². The summed E-state index contributed by atoms with van der Waals surface area (Å²) in [5.41, 5.74) is 0. The monoisotopic (exact) mass is 185 g/mol. The van der Waals surface area contributed by atoms with Gasteiger partial charge in [-0.05, 0) is 24.8 Å². The molecule has 0 amide bonds. The van der Waals surface area contributed by atoms with Gasteiger partial charge in [-0.2, -0.15) is 0 Å². The van der Waals surface area contributed by atoms with Gasteiger partial charge in [-0.3, -0.25) is 0 Å². The van der Waals surface area contributed by atoms with Gasteiger partial charge in [0, 0.05) is 13.2 Å². The van der Waals surface area contributed by atoms with E-state index in [0.29, 0.717) is 12.0 Å². The van der Waals surface area contributed by atoms with Crippen LogP contribution in [-0.4, -0.2) is 25.8 Å². The molecule has 0 aromatic rings. The SMILES string of the molecule is CCNCC1CCOC1C(C)CC. The van der Waals surface area contributed by atoms with Gasteiger partial charge in [0.15, 0.2) is 0 Å². The van der Waals surface area contributed by atoms with E-state index in [2.05, 4.69) is 26.1 Å². The van der Waals surface area contributed by atoms with Gasteiger partial charge >= 0.3 is 0 Å². The third-order valence-electron chi connectivity index (χ3n) is 3.12. The van der Waals surface area contributed by atoms with Crippen LogP contribution < -0.4 is 5.32 Å². The molecule has 1 aliphatic rings. The largest absolute Gasteiger partial charge is 0.378 e. The molecule has 0 aromatic heterocycles. The van der Waals surface area contributed by atoms with Crippen LogP contribution in [0.1, 0.15) is 33.6 Å². The van der Waals surface area contributed by atoms with Crippen molar-refractivity contribution in [2.45, 2.75) is 39.7 Å². The van der Waals surface area contributed by atoms with E-state index in [-0.39, 0.29) is 0 Å². The molecule has 0 bridgehead atoms. The van der Waals surface area contributed by atoms with Gasteiger partial charge in [0.25, 0.3) is 0 Å². The number of hydrogen-bond acceptors (Lipinski definition) is 2. The molecule has 1 N–H and O–H groups in total. The molecule has 1 heterocycles. The Balaban J connectivity index is 2.34. The highest BCUT2D eigenvalue weighted by atomic mass is 16.5. The average molecular weight is 185 g/mol. The summed E-state index contributed by atoms with van der Waals surface area (Å²) in [4.78, 5) is 0. The summed E-state index contributed by atoms with van der Waals surface area (Å²) >= 11 is 0.